The van der Waals surface area contributed by atoms with E-state index in [2.05, 4.69) is 15.0 Å². The molecular formula is C24H21FN4O2S. The Hall–Kier alpha value is -3.39. The number of hydrogen-bond donors (Lipinski definition) is 1. The number of Topliss-reactive ketones (excluding diaryl/α,β-unsaturated/α-hetero) is 1. The number of carbonyl (C=O) groups is 1. The first kappa shape index (κ1) is 20.5. The fraction of sp³-hybridized carbons (Fsp3) is 0.250. The molecule has 1 fully saturated rings. The largest absolute Gasteiger partial charge is 0.338 e. The van der Waals surface area contributed by atoms with E-state index in [1.807, 2.05) is 35.2 Å². The molecule has 162 valence electrons. The molecule has 2 aromatic carbocycles. The van der Waals surface area contributed by atoms with E-state index in [1.165, 1.54) is 23.5 Å². The van der Waals surface area contributed by atoms with Gasteiger partial charge in [0.25, 0.3) is 5.56 Å². The quantitative estimate of drug-likeness (QED) is 0.474. The maximum Gasteiger partial charge on any atom is 0.278 e. The number of thiazole rings is 1. The average molecular weight is 449 g/mol. The first-order valence-corrected chi connectivity index (χ1v) is 11.4. The van der Waals surface area contributed by atoms with E-state index in [-0.39, 0.29) is 22.9 Å². The summed E-state index contributed by atoms with van der Waals surface area (Å²) in [7, 11) is 0. The monoisotopic (exact) mass is 448 g/mol. The molecule has 1 N–H and O–H groups in total. The second-order valence-electron chi connectivity index (χ2n) is 7.88. The summed E-state index contributed by atoms with van der Waals surface area (Å²) in [6, 6.07) is 15.7. The number of aromatic amines is 1. The molecule has 0 saturated carbocycles. The topological polar surface area (TPSA) is 79.0 Å². The molecule has 6 nitrogen and oxygen atoms in total. The number of aryl methyl sites for hydroxylation is 1. The molecule has 5 rings (SSSR count). The highest BCUT2D eigenvalue weighted by Gasteiger charge is 2.32. The lowest BCUT2D eigenvalue weighted by atomic mass is 10.0. The number of nitrogens with zero attached hydrogens (tertiary/aromatic N) is 3. The minimum absolute atomic E-state index is 0.188. The van der Waals surface area contributed by atoms with Crippen molar-refractivity contribution in [3.8, 4) is 11.4 Å². The van der Waals surface area contributed by atoms with Crippen LogP contribution in [0.15, 0.2) is 59.4 Å². The van der Waals surface area contributed by atoms with Crippen LogP contribution in [0.5, 0.6) is 0 Å². The van der Waals surface area contributed by atoms with Crippen molar-refractivity contribution in [2.75, 3.05) is 11.4 Å². The van der Waals surface area contributed by atoms with Crippen LogP contribution in [-0.4, -0.2) is 33.3 Å². The third-order valence-electron chi connectivity index (χ3n) is 5.73. The Labute approximate surface area is 187 Å². The molecular weight excluding hydrogens is 427 g/mol. The summed E-state index contributed by atoms with van der Waals surface area (Å²) in [6.07, 6.45) is 2.86. The molecule has 1 aliphatic heterocycles. The maximum absolute atomic E-state index is 13.6. The van der Waals surface area contributed by atoms with Gasteiger partial charge in [-0.15, -0.1) is 0 Å². The molecule has 4 aromatic rings. The van der Waals surface area contributed by atoms with Crippen molar-refractivity contribution >= 4 is 32.6 Å². The summed E-state index contributed by atoms with van der Waals surface area (Å²) in [4.78, 5) is 39.8. The fourth-order valence-corrected chi connectivity index (χ4v) is 5.14. The molecule has 1 saturated heterocycles. The fourth-order valence-electron chi connectivity index (χ4n) is 4.13. The van der Waals surface area contributed by atoms with Gasteiger partial charge in [0.1, 0.15) is 11.6 Å². The van der Waals surface area contributed by atoms with Crippen LogP contribution in [0, 0.1) is 5.82 Å². The number of hydrogen-bond acceptors (Lipinski definition) is 6. The standard InChI is InChI=1S/C24H21FN4O2S/c25-17-9-4-8-16(14-17)21-27-22(31)20-23(28-21)32-24(26-20)29-13-5-10-18(29)19(30)12-11-15-6-2-1-3-7-15/h1-4,6-9,14,18H,5,10-13H2,(H,27,28,31)/t18-/m1/s1. The summed E-state index contributed by atoms with van der Waals surface area (Å²) < 4.78 is 13.6. The van der Waals surface area contributed by atoms with Crippen LogP contribution in [0.25, 0.3) is 21.7 Å². The van der Waals surface area contributed by atoms with E-state index in [0.29, 0.717) is 34.2 Å². The van der Waals surface area contributed by atoms with Gasteiger partial charge in [0.2, 0.25) is 0 Å². The van der Waals surface area contributed by atoms with Crippen molar-refractivity contribution in [1.82, 2.24) is 15.0 Å². The Morgan fingerprint density at radius 3 is 2.81 bits per heavy atom. The zero-order valence-corrected chi connectivity index (χ0v) is 18.1. The number of halogens is 1. The molecule has 0 spiro atoms. The number of H-pyrrole nitrogens is 1. The van der Waals surface area contributed by atoms with E-state index in [0.717, 1.165) is 24.9 Å². The number of aromatic nitrogens is 3. The normalized spacial score (nSPS) is 16.0. The zero-order chi connectivity index (χ0) is 22.1. The lowest BCUT2D eigenvalue weighted by Crippen LogP contribution is -2.36. The van der Waals surface area contributed by atoms with Crippen molar-refractivity contribution in [2.24, 2.45) is 0 Å². The SMILES string of the molecule is O=C(CCc1ccccc1)[C@H]1CCCN1c1nc2c(=O)[nH]c(-c3cccc(F)c3)nc2s1. The highest BCUT2D eigenvalue weighted by atomic mass is 32.1. The van der Waals surface area contributed by atoms with Crippen LogP contribution in [0.1, 0.15) is 24.8 Å². The lowest BCUT2D eigenvalue weighted by molar-refractivity contribution is -0.120. The van der Waals surface area contributed by atoms with Crippen LogP contribution >= 0.6 is 11.3 Å². The molecule has 0 unspecified atom stereocenters. The van der Waals surface area contributed by atoms with E-state index in [9.17, 15) is 14.0 Å². The van der Waals surface area contributed by atoms with Gasteiger partial charge in [-0.3, -0.25) is 9.59 Å². The highest BCUT2D eigenvalue weighted by Crippen LogP contribution is 2.33. The second-order valence-corrected chi connectivity index (χ2v) is 8.83. The molecule has 2 aromatic heterocycles. The van der Waals surface area contributed by atoms with Crippen molar-refractivity contribution < 1.29 is 9.18 Å². The number of ketones is 1. The van der Waals surface area contributed by atoms with Gasteiger partial charge in [-0.2, -0.15) is 0 Å². The number of carbonyl (C=O) groups excluding carboxylic acids is 1. The Balaban J connectivity index is 1.40. The van der Waals surface area contributed by atoms with E-state index < -0.39 is 5.82 Å². The number of fused-ring (bicyclic) bond motifs is 1. The number of benzene rings is 2. The van der Waals surface area contributed by atoms with Crippen LogP contribution in [0.2, 0.25) is 0 Å². The summed E-state index contributed by atoms with van der Waals surface area (Å²) in [5.74, 6) is 0.0891. The average Bonchev–Trinajstić information content (AvgIpc) is 3.45. The molecule has 0 radical (unpaired) electrons. The van der Waals surface area contributed by atoms with Gasteiger partial charge >= 0.3 is 0 Å². The highest BCUT2D eigenvalue weighted by molar-refractivity contribution is 7.21. The molecule has 0 amide bonds. The molecule has 0 aliphatic carbocycles. The van der Waals surface area contributed by atoms with Gasteiger partial charge in [-0.05, 0) is 37.0 Å². The number of rotatable bonds is 6. The molecule has 0 bridgehead atoms. The second kappa shape index (κ2) is 8.63. The summed E-state index contributed by atoms with van der Waals surface area (Å²) >= 11 is 1.30. The Morgan fingerprint density at radius 1 is 1.16 bits per heavy atom. The smallest absolute Gasteiger partial charge is 0.278 e. The lowest BCUT2D eigenvalue weighted by Gasteiger charge is -2.22. The van der Waals surface area contributed by atoms with Gasteiger partial charge in [-0.25, -0.2) is 14.4 Å². The van der Waals surface area contributed by atoms with Crippen LogP contribution in [0.3, 0.4) is 0 Å². The van der Waals surface area contributed by atoms with Crippen LogP contribution in [0.4, 0.5) is 9.52 Å². The van der Waals surface area contributed by atoms with E-state index in [4.69, 9.17) is 0 Å². The summed E-state index contributed by atoms with van der Waals surface area (Å²) in [6.45, 7) is 0.718. The molecule has 1 atom stereocenters. The van der Waals surface area contributed by atoms with Gasteiger partial charge in [0.05, 0.1) is 6.04 Å². The summed E-state index contributed by atoms with van der Waals surface area (Å²) in [5.41, 5.74) is 1.51. The Kier molecular flexibility index (Phi) is 5.53. The van der Waals surface area contributed by atoms with E-state index >= 15 is 0 Å². The predicted molar refractivity (Wildman–Crippen MR) is 124 cm³/mol. The maximum atomic E-state index is 13.6. The molecule has 1 aliphatic rings. The first-order chi connectivity index (χ1) is 15.6. The van der Waals surface area contributed by atoms with Crippen molar-refractivity contribution in [3.63, 3.8) is 0 Å². The Bertz CT molecular complexity index is 1330. The molecule has 3 heterocycles. The van der Waals surface area contributed by atoms with E-state index in [1.54, 1.807) is 12.1 Å². The number of anilines is 1. The first-order valence-electron chi connectivity index (χ1n) is 10.6. The van der Waals surface area contributed by atoms with Gasteiger partial charge in [-0.1, -0.05) is 53.8 Å². The van der Waals surface area contributed by atoms with Gasteiger partial charge in [0, 0.05) is 18.5 Å². The van der Waals surface area contributed by atoms with Gasteiger partial charge < -0.3 is 9.88 Å². The minimum Gasteiger partial charge on any atom is -0.338 e. The summed E-state index contributed by atoms with van der Waals surface area (Å²) in [5, 5.41) is 0.630. The van der Waals surface area contributed by atoms with Crippen molar-refractivity contribution in [3.05, 3.63) is 76.3 Å². The van der Waals surface area contributed by atoms with Gasteiger partial charge in [0.15, 0.2) is 21.3 Å². The minimum atomic E-state index is -0.399. The Morgan fingerprint density at radius 2 is 2.00 bits per heavy atom. The van der Waals surface area contributed by atoms with Crippen molar-refractivity contribution in [1.29, 1.82) is 0 Å². The predicted octanol–water partition coefficient (Wildman–Crippen LogP) is 4.36. The van der Waals surface area contributed by atoms with Crippen LogP contribution < -0.4 is 10.5 Å². The van der Waals surface area contributed by atoms with Crippen molar-refractivity contribution in [2.45, 2.75) is 31.7 Å². The zero-order valence-electron chi connectivity index (χ0n) is 17.3. The molecule has 32 heavy (non-hydrogen) atoms. The van der Waals surface area contributed by atoms with Crippen LogP contribution in [-0.2, 0) is 11.2 Å². The molecule has 8 heteroatoms. The third kappa shape index (κ3) is 4.05. The number of nitrogens with one attached hydrogen (secondary N) is 1. The third-order valence-corrected chi connectivity index (χ3v) is 6.72.